The van der Waals surface area contributed by atoms with E-state index < -0.39 is 0 Å². The van der Waals surface area contributed by atoms with Gasteiger partial charge in [-0.3, -0.25) is 4.90 Å². The molecule has 0 aliphatic carbocycles. The van der Waals surface area contributed by atoms with E-state index in [1.807, 2.05) is 12.1 Å². The molecular weight excluding hydrogens is 298 g/mol. The molecule has 1 N–H and O–H groups in total. The van der Waals surface area contributed by atoms with Gasteiger partial charge in [-0.05, 0) is 18.2 Å². The first kappa shape index (κ1) is 15.4. The minimum atomic E-state index is 0.318. The molecule has 1 rings (SSSR count). The number of methoxy groups -OCH3 is 2. The molecule has 0 amide bonds. The van der Waals surface area contributed by atoms with Crippen LogP contribution in [0.25, 0.3) is 0 Å². The largest absolute Gasteiger partial charge is 0.508 e. The third kappa shape index (κ3) is 5.35. The normalized spacial score (nSPS) is 11.1. The lowest BCUT2D eigenvalue weighted by atomic mass is 10.2. The molecule has 0 saturated carbocycles. The smallest absolute Gasteiger partial charge is 0.120 e. The fourth-order valence-electron chi connectivity index (χ4n) is 1.63. The average Bonchev–Trinajstić information content (AvgIpc) is 2.37. The SMILES string of the molecule is COCCN(CCOC)Cc1cc(Br)ccc1O. The fraction of sp³-hybridized carbons (Fsp3) is 0.538. The molecule has 1 aromatic carbocycles. The minimum Gasteiger partial charge on any atom is -0.508 e. The van der Waals surface area contributed by atoms with Gasteiger partial charge in [0.05, 0.1) is 13.2 Å². The van der Waals surface area contributed by atoms with E-state index in [0.717, 1.165) is 23.1 Å². The summed E-state index contributed by atoms with van der Waals surface area (Å²) in [5.74, 6) is 0.318. The van der Waals surface area contributed by atoms with E-state index in [1.165, 1.54) is 0 Å². The molecule has 0 saturated heterocycles. The van der Waals surface area contributed by atoms with Gasteiger partial charge in [-0.2, -0.15) is 0 Å². The second-order valence-corrected chi connectivity index (χ2v) is 4.95. The summed E-state index contributed by atoms with van der Waals surface area (Å²) in [6.45, 7) is 3.63. The molecule has 0 spiro atoms. The van der Waals surface area contributed by atoms with Crippen molar-refractivity contribution in [2.24, 2.45) is 0 Å². The second-order valence-electron chi connectivity index (χ2n) is 4.03. The Kier molecular flexibility index (Phi) is 7.27. The van der Waals surface area contributed by atoms with Gasteiger partial charge in [0.25, 0.3) is 0 Å². The molecule has 0 fully saturated rings. The Morgan fingerprint density at radius 3 is 2.33 bits per heavy atom. The first-order valence-corrected chi connectivity index (χ1v) is 6.64. The van der Waals surface area contributed by atoms with Gasteiger partial charge in [-0.25, -0.2) is 0 Å². The van der Waals surface area contributed by atoms with E-state index in [4.69, 9.17) is 9.47 Å². The summed E-state index contributed by atoms with van der Waals surface area (Å²) >= 11 is 3.41. The van der Waals surface area contributed by atoms with Crippen molar-refractivity contribution in [2.75, 3.05) is 40.5 Å². The highest BCUT2D eigenvalue weighted by Gasteiger charge is 2.09. The second kappa shape index (κ2) is 8.48. The number of halogens is 1. The number of nitrogens with zero attached hydrogens (tertiary/aromatic N) is 1. The summed E-state index contributed by atoms with van der Waals surface area (Å²) in [4.78, 5) is 2.19. The Morgan fingerprint density at radius 1 is 1.17 bits per heavy atom. The van der Waals surface area contributed by atoms with Crippen molar-refractivity contribution in [3.63, 3.8) is 0 Å². The van der Waals surface area contributed by atoms with Crippen LogP contribution in [0, 0.1) is 0 Å². The van der Waals surface area contributed by atoms with Gasteiger partial charge >= 0.3 is 0 Å². The highest BCUT2D eigenvalue weighted by atomic mass is 79.9. The molecule has 18 heavy (non-hydrogen) atoms. The lowest BCUT2D eigenvalue weighted by molar-refractivity contribution is 0.110. The molecule has 0 aliphatic heterocycles. The first-order chi connectivity index (χ1) is 8.67. The summed E-state index contributed by atoms with van der Waals surface area (Å²) in [5, 5.41) is 9.82. The van der Waals surface area contributed by atoms with Crippen LogP contribution in [0.15, 0.2) is 22.7 Å². The minimum absolute atomic E-state index is 0.318. The van der Waals surface area contributed by atoms with Crippen LogP contribution in [0.3, 0.4) is 0 Å². The Balaban J connectivity index is 2.65. The van der Waals surface area contributed by atoms with Gasteiger partial charge < -0.3 is 14.6 Å². The van der Waals surface area contributed by atoms with Crippen molar-refractivity contribution in [3.05, 3.63) is 28.2 Å². The van der Waals surface area contributed by atoms with Crippen LogP contribution in [0.1, 0.15) is 5.56 Å². The average molecular weight is 318 g/mol. The third-order valence-electron chi connectivity index (χ3n) is 2.66. The number of hydrogen-bond donors (Lipinski definition) is 1. The molecule has 0 aliphatic rings. The molecule has 102 valence electrons. The van der Waals surface area contributed by atoms with E-state index in [2.05, 4.69) is 20.8 Å². The molecule has 4 nitrogen and oxygen atoms in total. The molecule has 0 aromatic heterocycles. The fourth-order valence-corrected chi connectivity index (χ4v) is 2.04. The summed E-state index contributed by atoms with van der Waals surface area (Å²) in [5.41, 5.74) is 0.900. The molecule has 0 atom stereocenters. The first-order valence-electron chi connectivity index (χ1n) is 5.85. The molecular formula is C13H20BrNO3. The predicted octanol–water partition coefficient (Wildman–Crippen LogP) is 2.25. The van der Waals surface area contributed by atoms with Crippen molar-refractivity contribution in [1.29, 1.82) is 0 Å². The monoisotopic (exact) mass is 317 g/mol. The summed E-state index contributed by atoms with van der Waals surface area (Å²) in [7, 11) is 3.37. The zero-order chi connectivity index (χ0) is 13.4. The van der Waals surface area contributed by atoms with Crippen LogP contribution in [-0.4, -0.2) is 50.5 Å². The Bertz CT molecular complexity index is 352. The van der Waals surface area contributed by atoms with Crippen molar-refractivity contribution in [1.82, 2.24) is 4.90 Å². The van der Waals surface area contributed by atoms with Crippen LogP contribution in [0.5, 0.6) is 5.75 Å². The number of ether oxygens (including phenoxy) is 2. The Hall–Kier alpha value is -0.620. The van der Waals surface area contributed by atoms with Crippen molar-refractivity contribution in [2.45, 2.75) is 6.54 Å². The number of benzene rings is 1. The van der Waals surface area contributed by atoms with Gasteiger partial charge in [0.15, 0.2) is 0 Å². The topological polar surface area (TPSA) is 41.9 Å². The molecule has 0 radical (unpaired) electrons. The lowest BCUT2D eigenvalue weighted by Gasteiger charge is -2.22. The molecule has 0 bridgehead atoms. The van der Waals surface area contributed by atoms with Crippen LogP contribution in [0.4, 0.5) is 0 Å². The van der Waals surface area contributed by atoms with Gasteiger partial charge in [0, 0.05) is 43.9 Å². The third-order valence-corrected chi connectivity index (χ3v) is 3.15. The van der Waals surface area contributed by atoms with Gasteiger partial charge in [-0.15, -0.1) is 0 Å². The highest BCUT2D eigenvalue weighted by molar-refractivity contribution is 9.10. The number of phenolic OH excluding ortho intramolecular Hbond substituents is 1. The van der Waals surface area contributed by atoms with E-state index in [9.17, 15) is 5.11 Å². The molecule has 0 heterocycles. The maximum absolute atomic E-state index is 9.82. The van der Waals surface area contributed by atoms with Crippen LogP contribution in [-0.2, 0) is 16.0 Å². The summed E-state index contributed by atoms with van der Waals surface area (Å²) in [6.07, 6.45) is 0. The van der Waals surface area contributed by atoms with E-state index in [1.54, 1.807) is 20.3 Å². The van der Waals surface area contributed by atoms with E-state index >= 15 is 0 Å². The van der Waals surface area contributed by atoms with Gasteiger partial charge in [-0.1, -0.05) is 15.9 Å². The van der Waals surface area contributed by atoms with Crippen molar-refractivity contribution in [3.8, 4) is 5.75 Å². The van der Waals surface area contributed by atoms with Gasteiger partial charge in [0.1, 0.15) is 5.75 Å². The van der Waals surface area contributed by atoms with E-state index in [0.29, 0.717) is 25.5 Å². The number of hydrogen-bond acceptors (Lipinski definition) is 4. The lowest BCUT2D eigenvalue weighted by Crippen LogP contribution is -2.30. The number of aromatic hydroxyl groups is 1. The van der Waals surface area contributed by atoms with Crippen molar-refractivity contribution < 1.29 is 14.6 Å². The number of phenols is 1. The van der Waals surface area contributed by atoms with Crippen LogP contribution < -0.4 is 0 Å². The molecule has 1 aromatic rings. The molecule has 0 unspecified atom stereocenters. The van der Waals surface area contributed by atoms with Crippen molar-refractivity contribution >= 4 is 15.9 Å². The Labute approximate surface area is 117 Å². The van der Waals surface area contributed by atoms with Crippen LogP contribution >= 0.6 is 15.9 Å². The number of rotatable bonds is 8. The van der Waals surface area contributed by atoms with Crippen LogP contribution in [0.2, 0.25) is 0 Å². The zero-order valence-electron chi connectivity index (χ0n) is 10.9. The zero-order valence-corrected chi connectivity index (χ0v) is 12.4. The standard InChI is InChI=1S/C13H20BrNO3/c1-17-7-5-15(6-8-18-2)10-11-9-12(14)3-4-13(11)16/h3-4,9,16H,5-8,10H2,1-2H3. The van der Waals surface area contributed by atoms with Gasteiger partial charge in [0.2, 0.25) is 0 Å². The maximum Gasteiger partial charge on any atom is 0.120 e. The molecule has 5 heteroatoms. The van der Waals surface area contributed by atoms with E-state index in [-0.39, 0.29) is 0 Å². The summed E-state index contributed by atoms with van der Waals surface area (Å²) in [6, 6.07) is 5.46. The quantitative estimate of drug-likeness (QED) is 0.798. The maximum atomic E-state index is 9.82. The predicted molar refractivity (Wildman–Crippen MR) is 74.8 cm³/mol. The summed E-state index contributed by atoms with van der Waals surface area (Å²) < 4.78 is 11.1. The Morgan fingerprint density at radius 2 is 1.78 bits per heavy atom. The highest BCUT2D eigenvalue weighted by Crippen LogP contribution is 2.23.